The SMILES string of the molecule is COC(=O)CSc1nnc2n1CCN2c1ccccc1. The maximum Gasteiger partial charge on any atom is 0.316 e. The molecule has 0 bridgehead atoms. The van der Waals surface area contributed by atoms with Gasteiger partial charge in [-0.15, -0.1) is 10.2 Å². The van der Waals surface area contributed by atoms with Gasteiger partial charge in [0.1, 0.15) is 0 Å². The standard InChI is InChI=1S/C13H14N4O2S/c1-19-11(18)9-20-13-15-14-12-16(7-8-17(12)13)10-5-3-2-4-6-10/h2-6H,7-9H2,1H3. The Hall–Kier alpha value is -2.02. The average molecular weight is 290 g/mol. The highest BCUT2D eigenvalue weighted by Gasteiger charge is 2.26. The van der Waals surface area contributed by atoms with Crippen molar-refractivity contribution in [1.82, 2.24) is 14.8 Å². The Morgan fingerprint density at radius 2 is 2.10 bits per heavy atom. The third kappa shape index (κ3) is 2.36. The van der Waals surface area contributed by atoms with Crippen LogP contribution in [-0.2, 0) is 16.1 Å². The van der Waals surface area contributed by atoms with Crippen molar-refractivity contribution in [3.8, 4) is 0 Å². The predicted octanol–water partition coefficient (Wildman–Crippen LogP) is 1.69. The molecule has 0 amide bonds. The van der Waals surface area contributed by atoms with E-state index >= 15 is 0 Å². The molecule has 0 N–H and O–H groups in total. The van der Waals surface area contributed by atoms with Crippen LogP contribution in [0.25, 0.3) is 0 Å². The summed E-state index contributed by atoms with van der Waals surface area (Å²) in [7, 11) is 1.38. The molecule has 7 heteroatoms. The molecule has 0 saturated carbocycles. The van der Waals surface area contributed by atoms with Crippen molar-refractivity contribution in [3.05, 3.63) is 30.3 Å². The summed E-state index contributed by atoms with van der Waals surface area (Å²) >= 11 is 1.35. The number of esters is 1. The molecule has 6 nitrogen and oxygen atoms in total. The maximum absolute atomic E-state index is 11.2. The molecular weight excluding hydrogens is 276 g/mol. The van der Waals surface area contributed by atoms with Crippen LogP contribution >= 0.6 is 11.8 Å². The summed E-state index contributed by atoms with van der Waals surface area (Å²) in [6, 6.07) is 10.1. The van der Waals surface area contributed by atoms with Crippen LogP contribution in [0.4, 0.5) is 11.6 Å². The van der Waals surface area contributed by atoms with Crippen LogP contribution < -0.4 is 4.90 Å². The lowest BCUT2D eigenvalue weighted by Gasteiger charge is -2.14. The van der Waals surface area contributed by atoms with Gasteiger partial charge in [-0.2, -0.15) is 0 Å². The van der Waals surface area contributed by atoms with Gasteiger partial charge in [-0.25, -0.2) is 0 Å². The Kier molecular flexibility index (Phi) is 3.60. The Labute approximate surface area is 120 Å². The molecule has 0 saturated heterocycles. The van der Waals surface area contributed by atoms with Crippen molar-refractivity contribution in [3.63, 3.8) is 0 Å². The van der Waals surface area contributed by atoms with Gasteiger partial charge in [-0.05, 0) is 12.1 Å². The number of para-hydroxylation sites is 1. The number of carbonyl (C=O) groups is 1. The summed E-state index contributed by atoms with van der Waals surface area (Å²) < 4.78 is 6.66. The van der Waals surface area contributed by atoms with E-state index in [2.05, 4.69) is 19.8 Å². The molecule has 20 heavy (non-hydrogen) atoms. The van der Waals surface area contributed by atoms with Crippen LogP contribution in [0, 0.1) is 0 Å². The van der Waals surface area contributed by atoms with E-state index in [-0.39, 0.29) is 11.7 Å². The van der Waals surface area contributed by atoms with Gasteiger partial charge >= 0.3 is 5.97 Å². The molecule has 0 atom stereocenters. The number of carbonyl (C=O) groups excluding carboxylic acids is 1. The number of hydrogen-bond acceptors (Lipinski definition) is 6. The first-order chi connectivity index (χ1) is 9.79. The summed E-state index contributed by atoms with van der Waals surface area (Å²) in [6.07, 6.45) is 0. The van der Waals surface area contributed by atoms with Gasteiger partial charge in [0.05, 0.1) is 12.9 Å². The van der Waals surface area contributed by atoms with E-state index in [0.717, 1.165) is 29.9 Å². The topological polar surface area (TPSA) is 60.2 Å². The van der Waals surface area contributed by atoms with E-state index in [0.29, 0.717) is 0 Å². The second-order valence-corrected chi connectivity index (χ2v) is 5.23. The van der Waals surface area contributed by atoms with Crippen LogP contribution in [0.5, 0.6) is 0 Å². The number of methoxy groups -OCH3 is 1. The highest BCUT2D eigenvalue weighted by molar-refractivity contribution is 7.99. The van der Waals surface area contributed by atoms with Crippen LogP contribution in [0.1, 0.15) is 0 Å². The second kappa shape index (κ2) is 5.54. The molecule has 2 aromatic rings. The minimum absolute atomic E-state index is 0.250. The van der Waals surface area contributed by atoms with E-state index in [1.807, 2.05) is 34.9 Å². The largest absolute Gasteiger partial charge is 0.468 e. The summed E-state index contributed by atoms with van der Waals surface area (Å²) in [5.74, 6) is 0.814. The summed E-state index contributed by atoms with van der Waals surface area (Å²) in [4.78, 5) is 13.3. The number of hydrogen-bond donors (Lipinski definition) is 0. The van der Waals surface area contributed by atoms with E-state index in [1.165, 1.54) is 18.9 Å². The molecule has 3 rings (SSSR count). The molecule has 0 radical (unpaired) electrons. The van der Waals surface area contributed by atoms with E-state index in [9.17, 15) is 4.79 Å². The maximum atomic E-state index is 11.2. The zero-order valence-corrected chi connectivity index (χ0v) is 11.8. The number of thioether (sulfide) groups is 1. The molecule has 2 heterocycles. The molecule has 1 aromatic heterocycles. The van der Waals surface area contributed by atoms with Gasteiger partial charge in [-0.3, -0.25) is 9.36 Å². The van der Waals surface area contributed by atoms with Crippen LogP contribution in [0.3, 0.4) is 0 Å². The molecule has 0 spiro atoms. The second-order valence-electron chi connectivity index (χ2n) is 4.29. The molecule has 1 aliphatic heterocycles. The van der Waals surface area contributed by atoms with Gasteiger partial charge in [-0.1, -0.05) is 30.0 Å². The smallest absolute Gasteiger partial charge is 0.316 e. The highest BCUT2D eigenvalue weighted by atomic mass is 32.2. The molecule has 1 aromatic carbocycles. The first-order valence-electron chi connectivity index (χ1n) is 6.25. The van der Waals surface area contributed by atoms with Crippen molar-refractivity contribution in [2.75, 3.05) is 24.3 Å². The van der Waals surface area contributed by atoms with Crippen LogP contribution in [-0.4, -0.2) is 40.1 Å². The Morgan fingerprint density at radius 1 is 1.30 bits per heavy atom. The first kappa shape index (κ1) is 13.0. The molecule has 0 fully saturated rings. The number of rotatable bonds is 4. The third-order valence-corrected chi connectivity index (χ3v) is 4.04. The minimum atomic E-state index is -0.259. The number of nitrogens with zero attached hydrogens (tertiary/aromatic N) is 4. The fourth-order valence-electron chi connectivity index (χ4n) is 2.12. The number of fused-ring (bicyclic) bond motifs is 1. The zero-order valence-electron chi connectivity index (χ0n) is 11.0. The third-order valence-electron chi connectivity index (χ3n) is 3.10. The lowest BCUT2D eigenvalue weighted by molar-refractivity contribution is -0.137. The van der Waals surface area contributed by atoms with Crippen molar-refractivity contribution >= 4 is 29.4 Å². The number of anilines is 2. The van der Waals surface area contributed by atoms with Crippen molar-refractivity contribution in [1.29, 1.82) is 0 Å². The highest BCUT2D eigenvalue weighted by Crippen LogP contribution is 2.31. The molecule has 104 valence electrons. The summed E-state index contributed by atoms with van der Waals surface area (Å²) in [5.41, 5.74) is 1.10. The van der Waals surface area contributed by atoms with E-state index in [4.69, 9.17) is 0 Å². The lowest BCUT2D eigenvalue weighted by atomic mass is 10.3. The Bertz CT molecular complexity index is 614. The molecule has 1 aliphatic rings. The number of benzene rings is 1. The van der Waals surface area contributed by atoms with Gasteiger partial charge in [0, 0.05) is 18.8 Å². The van der Waals surface area contributed by atoms with E-state index in [1.54, 1.807) is 0 Å². The average Bonchev–Trinajstić information content (AvgIpc) is 3.07. The van der Waals surface area contributed by atoms with Gasteiger partial charge in [0.2, 0.25) is 5.95 Å². The summed E-state index contributed by atoms with van der Waals surface area (Å²) in [6.45, 7) is 1.68. The predicted molar refractivity (Wildman–Crippen MR) is 76.2 cm³/mol. The van der Waals surface area contributed by atoms with Crippen molar-refractivity contribution in [2.24, 2.45) is 0 Å². The Balaban J connectivity index is 1.79. The van der Waals surface area contributed by atoms with Crippen molar-refractivity contribution in [2.45, 2.75) is 11.7 Å². The molecule has 0 unspecified atom stereocenters. The molecular formula is C13H14N4O2S. The van der Waals surface area contributed by atoms with Crippen molar-refractivity contribution < 1.29 is 9.53 Å². The zero-order chi connectivity index (χ0) is 13.9. The van der Waals surface area contributed by atoms with E-state index < -0.39 is 0 Å². The summed E-state index contributed by atoms with van der Waals surface area (Å²) in [5, 5.41) is 9.12. The number of aromatic nitrogens is 3. The van der Waals surface area contributed by atoms with Crippen LogP contribution in [0.15, 0.2) is 35.5 Å². The first-order valence-corrected chi connectivity index (χ1v) is 7.23. The van der Waals surface area contributed by atoms with Gasteiger partial charge < -0.3 is 9.64 Å². The Morgan fingerprint density at radius 3 is 2.85 bits per heavy atom. The monoisotopic (exact) mass is 290 g/mol. The fraction of sp³-hybridized carbons (Fsp3) is 0.308. The normalized spacial score (nSPS) is 13.3. The van der Waals surface area contributed by atoms with Gasteiger partial charge in [0.25, 0.3) is 0 Å². The quantitative estimate of drug-likeness (QED) is 0.631. The van der Waals surface area contributed by atoms with Crippen LogP contribution in [0.2, 0.25) is 0 Å². The lowest BCUT2D eigenvalue weighted by Crippen LogP contribution is -2.14. The van der Waals surface area contributed by atoms with Gasteiger partial charge in [0.15, 0.2) is 5.16 Å². The molecule has 0 aliphatic carbocycles. The fourth-order valence-corrected chi connectivity index (χ4v) is 2.91. The number of ether oxygens (including phenoxy) is 1. The minimum Gasteiger partial charge on any atom is -0.468 e.